The minimum atomic E-state index is -0.801. The maximum atomic E-state index is 11.5. The Morgan fingerprint density at radius 1 is 1.14 bits per heavy atom. The number of hydrogen-bond acceptors (Lipinski definition) is 3. The fraction of sp³-hybridized carbons (Fsp3) is 0.909. The Bertz CT molecular complexity index is 164. The van der Waals surface area contributed by atoms with Gasteiger partial charge in [0.25, 0.3) is 0 Å². The normalized spacial score (nSPS) is 11.4. The van der Waals surface area contributed by atoms with Crippen LogP contribution in [0, 0.1) is 0 Å². The van der Waals surface area contributed by atoms with E-state index in [9.17, 15) is 4.79 Å². The summed E-state index contributed by atoms with van der Waals surface area (Å²) in [6, 6.07) is 0. The van der Waals surface area contributed by atoms with E-state index in [1.54, 1.807) is 13.8 Å². The van der Waals surface area contributed by atoms with Gasteiger partial charge in [-0.2, -0.15) is 0 Å². The molecule has 0 unspecified atom stereocenters. The summed E-state index contributed by atoms with van der Waals surface area (Å²) in [5.41, 5.74) is -0.801. The number of unbranched alkanes of at least 4 members (excludes halogenated alkanes) is 1. The molecular weight excluding hydrogens is 180 g/mol. The quantitative estimate of drug-likeness (QED) is 0.470. The molecule has 0 rings (SSSR count). The third-order valence-corrected chi connectivity index (χ3v) is 1.89. The molecule has 0 amide bonds. The fourth-order valence-corrected chi connectivity index (χ4v) is 0.899. The van der Waals surface area contributed by atoms with Crippen LogP contribution >= 0.6 is 0 Å². The highest BCUT2D eigenvalue weighted by Crippen LogP contribution is 2.12. The van der Waals surface area contributed by atoms with Crippen molar-refractivity contribution in [2.45, 2.75) is 52.6 Å². The van der Waals surface area contributed by atoms with Crippen molar-refractivity contribution in [1.29, 1.82) is 0 Å². The van der Waals surface area contributed by atoms with Crippen LogP contribution in [0.3, 0.4) is 0 Å². The molecule has 0 spiro atoms. The minimum absolute atomic E-state index is 0.268. The van der Waals surface area contributed by atoms with Gasteiger partial charge in [-0.3, -0.25) is 0 Å². The Balaban J connectivity index is 3.83. The summed E-state index contributed by atoms with van der Waals surface area (Å²) in [4.78, 5) is 11.5. The number of carbonyl (C=O) groups is 1. The first-order valence-corrected chi connectivity index (χ1v) is 5.35. The summed E-state index contributed by atoms with van der Waals surface area (Å²) < 4.78 is 10.5. The molecule has 0 heterocycles. The van der Waals surface area contributed by atoms with Gasteiger partial charge in [-0.05, 0) is 26.7 Å². The number of rotatable bonds is 7. The molecule has 0 aliphatic carbocycles. The maximum Gasteiger partial charge on any atom is 0.337 e. The Kier molecular flexibility index (Phi) is 6.54. The van der Waals surface area contributed by atoms with Crippen molar-refractivity contribution in [3.63, 3.8) is 0 Å². The van der Waals surface area contributed by atoms with Gasteiger partial charge >= 0.3 is 5.97 Å². The summed E-state index contributed by atoms with van der Waals surface area (Å²) >= 11 is 0. The van der Waals surface area contributed by atoms with E-state index in [-0.39, 0.29) is 5.97 Å². The Morgan fingerprint density at radius 2 is 1.79 bits per heavy atom. The van der Waals surface area contributed by atoms with Crippen LogP contribution in [0.25, 0.3) is 0 Å². The molecule has 3 nitrogen and oxygen atoms in total. The highest BCUT2D eigenvalue weighted by Gasteiger charge is 2.29. The average molecular weight is 202 g/mol. The molecule has 0 aliphatic heterocycles. The van der Waals surface area contributed by atoms with Crippen molar-refractivity contribution in [2.24, 2.45) is 0 Å². The zero-order valence-electron chi connectivity index (χ0n) is 9.76. The second-order valence-electron chi connectivity index (χ2n) is 3.85. The molecule has 0 saturated carbocycles. The van der Waals surface area contributed by atoms with Crippen molar-refractivity contribution in [1.82, 2.24) is 0 Å². The summed E-state index contributed by atoms with van der Waals surface area (Å²) in [7, 11) is 0. The van der Waals surface area contributed by atoms with E-state index in [0.29, 0.717) is 13.2 Å². The van der Waals surface area contributed by atoms with Crippen molar-refractivity contribution in [2.75, 3.05) is 13.2 Å². The maximum absolute atomic E-state index is 11.5. The molecule has 0 aromatic rings. The van der Waals surface area contributed by atoms with Crippen LogP contribution in [0.1, 0.15) is 47.0 Å². The van der Waals surface area contributed by atoms with E-state index >= 15 is 0 Å². The molecule has 0 fully saturated rings. The molecular formula is C11H22O3. The van der Waals surface area contributed by atoms with Gasteiger partial charge in [-0.25, -0.2) is 4.79 Å². The number of hydrogen-bond donors (Lipinski definition) is 0. The summed E-state index contributed by atoms with van der Waals surface area (Å²) in [5, 5.41) is 0. The first-order valence-electron chi connectivity index (χ1n) is 5.35. The van der Waals surface area contributed by atoms with Crippen molar-refractivity contribution in [3.05, 3.63) is 0 Å². The van der Waals surface area contributed by atoms with Gasteiger partial charge in [0.1, 0.15) is 0 Å². The monoisotopic (exact) mass is 202 g/mol. The summed E-state index contributed by atoms with van der Waals surface area (Å²) in [5.74, 6) is -0.268. The van der Waals surface area contributed by atoms with Crippen molar-refractivity contribution < 1.29 is 14.3 Å². The molecule has 0 saturated heterocycles. The van der Waals surface area contributed by atoms with Gasteiger partial charge in [0, 0.05) is 6.61 Å². The summed E-state index contributed by atoms with van der Waals surface area (Å²) in [6.07, 6.45) is 2.89. The van der Waals surface area contributed by atoms with E-state index in [0.717, 1.165) is 19.3 Å². The molecule has 84 valence electrons. The highest BCUT2D eigenvalue weighted by atomic mass is 16.6. The van der Waals surface area contributed by atoms with Crippen molar-refractivity contribution >= 4 is 5.97 Å². The van der Waals surface area contributed by atoms with Gasteiger partial charge in [-0.15, -0.1) is 0 Å². The number of esters is 1. The standard InChI is InChI=1S/C11H22O3/c1-5-7-9-14-11(3,4)10(12)13-8-6-2/h5-9H2,1-4H3. The van der Waals surface area contributed by atoms with Gasteiger partial charge < -0.3 is 9.47 Å². The molecule has 0 aromatic heterocycles. The van der Waals surface area contributed by atoms with Crippen LogP contribution in [0.15, 0.2) is 0 Å². The molecule has 14 heavy (non-hydrogen) atoms. The SMILES string of the molecule is CCCCOC(C)(C)C(=O)OCCC. The lowest BCUT2D eigenvalue weighted by molar-refractivity contribution is -0.168. The summed E-state index contributed by atoms with van der Waals surface area (Å²) in [6.45, 7) is 8.65. The average Bonchev–Trinajstić information content (AvgIpc) is 2.14. The first-order chi connectivity index (χ1) is 6.54. The third kappa shape index (κ3) is 5.22. The minimum Gasteiger partial charge on any atom is -0.464 e. The Hall–Kier alpha value is -0.570. The largest absolute Gasteiger partial charge is 0.464 e. The van der Waals surface area contributed by atoms with Crippen molar-refractivity contribution in [3.8, 4) is 0 Å². The molecule has 0 N–H and O–H groups in total. The van der Waals surface area contributed by atoms with Crippen LogP contribution in [0.4, 0.5) is 0 Å². The lowest BCUT2D eigenvalue weighted by Gasteiger charge is -2.22. The van der Waals surface area contributed by atoms with Gasteiger partial charge in [0.05, 0.1) is 6.61 Å². The number of ether oxygens (including phenoxy) is 2. The molecule has 0 aliphatic rings. The Morgan fingerprint density at radius 3 is 2.29 bits per heavy atom. The number of carbonyl (C=O) groups excluding carboxylic acids is 1. The van der Waals surface area contributed by atoms with Gasteiger partial charge in [0.15, 0.2) is 5.60 Å². The zero-order valence-corrected chi connectivity index (χ0v) is 9.76. The van der Waals surface area contributed by atoms with E-state index in [2.05, 4.69) is 6.92 Å². The second kappa shape index (κ2) is 6.82. The second-order valence-corrected chi connectivity index (χ2v) is 3.85. The van der Waals surface area contributed by atoms with E-state index in [4.69, 9.17) is 9.47 Å². The zero-order chi connectivity index (χ0) is 11.0. The molecule has 0 radical (unpaired) electrons. The predicted octanol–water partition coefficient (Wildman–Crippen LogP) is 2.53. The predicted molar refractivity (Wildman–Crippen MR) is 56.2 cm³/mol. The van der Waals surface area contributed by atoms with Gasteiger partial charge in [0.2, 0.25) is 0 Å². The lowest BCUT2D eigenvalue weighted by atomic mass is 10.1. The van der Waals surface area contributed by atoms with E-state index in [1.807, 2.05) is 6.92 Å². The third-order valence-electron chi connectivity index (χ3n) is 1.89. The first kappa shape index (κ1) is 13.4. The van der Waals surface area contributed by atoms with E-state index in [1.165, 1.54) is 0 Å². The van der Waals surface area contributed by atoms with Crippen LogP contribution in [0.5, 0.6) is 0 Å². The molecule has 0 aromatic carbocycles. The topological polar surface area (TPSA) is 35.5 Å². The van der Waals surface area contributed by atoms with Crippen LogP contribution < -0.4 is 0 Å². The molecule has 0 bridgehead atoms. The highest BCUT2D eigenvalue weighted by molar-refractivity contribution is 5.78. The van der Waals surface area contributed by atoms with E-state index < -0.39 is 5.60 Å². The molecule has 0 atom stereocenters. The Labute approximate surface area is 86.8 Å². The van der Waals surface area contributed by atoms with Gasteiger partial charge in [-0.1, -0.05) is 20.3 Å². The molecule has 3 heteroatoms. The lowest BCUT2D eigenvalue weighted by Crippen LogP contribution is -2.37. The van der Waals surface area contributed by atoms with Crippen LogP contribution in [-0.2, 0) is 14.3 Å². The van der Waals surface area contributed by atoms with Crippen LogP contribution in [0.2, 0.25) is 0 Å². The van der Waals surface area contributed by atoms with Crippen LogP contribution in [-0.4, -0.2) is 24.8 Å². The smallest absolute Gasteiger partial charge is 0.337 e. The fourth-order valence-electron chi connectivity index (χ4n) is 0.899.